The molecule has 0 saturated heterocycles. The van der Waals surface area contributed by atoms with Crippen LogP contribution in [0.1, 0.15) is 11.1 Å². The van der Waals surface area contributed by atoms with Crippen molar-refractivity contribution in [2.75, 3.05) is 10.6 Å². The molecule has 0 aliphatic heterocycles. The largest absolute Gasteiger partial charge is 0.349 e. The van der Waals surface area contributed by atoms with Gasteiger partial charge in [0.15, 0.2) is 5.82 Å². The smallest absolute Gasteiger partial charge is 0.244 e. The molecule has 7 heteroatoms. The normalized spacial score (nSPS) is 10.3. The first kappa shape index (κ1) is 15.4. The van der Waals surface area contributed by atoms with Crippen LogP contribution >= 0.6 is 15.9 Å². The van der Waals surface area contributed by atoms with Crippen LogP contribution in [0.2, 0.25) is 0 Å². The Morgan fingerprint density at radius 3 is 2.87 bits per heavy atom. The van der Waals surface area contributed by atoms with Gasteiger partial charge in [0, 0.05) is 29.1 Å². The van der Waals surface area contributed by atoms with Gasteiger partial charge in [-0.25, -0.2) is 0 Å². The van der Waals surface area contributed by atoms with E-state index in [1.54, 1.807) is 18.6 Å². The van der Waals surface area contributed by atoms with E-state index in [2.05, 4.69) is 46.7 Å². The number of aryl methyl sites for hydroxylation is 1. The third-order valence-corrected chi connectivity index (χ3v) is 4.03. The van der Waals surface area contributed by atoms with Gasteiger partial charge in [0.25, 0.3) is 0 Å². The number of nitrogens with zero attached hydrogens (tertiary/aromatic N) is 4. The van der Waals surface area contributed by atoms with E-state index in [0.29, 0.717) is 18.3 Å². The molecule has 0 radical (unpaired) electrons. The first-order valence-electron chi connectivity index (χ1n) is 7.06. The molecule has 0 aliphatic carbocycles. The summed E-state index contributed by atoms with van der Waals surface area (Å²) in [6.07, 6.45) is 5.13. The summed E-state index contributed by atoms with van der Waals surface area (Å²) >= 11 is 3.52. The summed E-state index contributed by atoms with van der Waals surface area (Å²) < 4.78 is 1.04. The Morgan fingerprint density at radius 1 is 1.17 bits per heavy atom. The molecule has 1 aromatic carbocycles. The van der Waals surface area contributed by atoms with Crippen molar-refractivity contribution in [1.29, 1.82) is 0 Å². The van der Waals surface area contributed by atoms with E-state index in [0.717, 1.165) is 15.7 Å². The van der Waals surface area contributed by atoms with Crippen molar-refractivity contribution >= 4 is 33.4 Å². The van der Waals surface area contributed by atoms with Crippen LogP contribution in [0.5, 0.6) is 0 Å². The summed E-state index contributed by atoms with van der Waals surface area (Å²) in [5.41, 5.74) is 3.16. The summed E-state index contributed by atoms with van der Waals surface area (Å²) in [7, 11) is 0. The maximum absolute atomic E-state index is 4.40. The maximum atomic E-state index is 4.40. The fourth-order valence-electron chi connectivity index (χ4n) is 1.94. The van der Waals surface area contributed by atoms with Gasteiger partial charge in [-0.1, -0.05) is 28.1 Å². The average Bonchev–Trinajstić information content (AvgIpc) is 2.58. The van der Waals surface area contributed by atoms with Gasteiger partial charge in [0.2, 0.25) is 5.95 Å². The number of anilines is 3. The van der Waals surface area contributed by atoms with Crippen LogP contribution < -0.4 is 10.6 Å². The number of hydrogen-bond acceptors (Lipinski definition) is 6. The van der Waals surface area contributed by atoms with Gasteiger partial charge >= 0.3 is 0 Å². The van der Waals surface area contributed by atoms with Crippen LogP contribution in [-0.4, -0.2) is 20.2 Å². The van der Waals surface area contributed by atoms with Crippen molar-refractivity contribution < 1.29 is 0 Å². The summed E-state index contributed by atoms with van der Waals surface area (Å²) in [6, 6.07) is 9.90. The second kappa shape index (κ2) is 7.15. The molecule has 2 N–H and O–H groups in total. The van der Waals surface area contributed by atoms with Gasteiger partial charge in [0.1, 0.15) is 0 Å². The Hall–Kier alpha value is -2.54. The summed E-state index contributed by atoms with van der Waals surface area (Å²) in [4.78, 5) is 8.48. The predicted octanol–water partition coefficient (Wildman–Crippen LogP) is 3.69. The Morgan fingerprint density at radius 2 is 2.09 bits per heavy atom. The van der Waals surface area contributed by atoms with Crippen LogP contribution in [-0.2, 0) is 6.54 Å². The van der Waals surface area contributed by atoms with E-state index in [-0.39, 0.29) is 0 Å². The molecule has 0 atom stereocenters. The third kappa shape index (κ3) is 4.23. The highest BCUT2D eigenvalue weighted by atomic mass is 79.9. The quantitative estimate of drug-likeness (QED) is 0.713. The van der Waals surface area contributed by atoms with Gasteiger partial charge in [0.05, 0.1) is 6.20 Å². The van der Waals surface area contributed by atoms with Gasteiger partial charge in [-0.2, -0.15) is 10.1 Å². The zero-order valence-corrected chi connectivity index (χ0v) is 14.1. The number of benzene rings is 1. The first-order chi connectivity index (χ1) is 11.2. The minimum Gasteiger partial charge on any atom is -0.349 e. The Labute approximate surface area is 142 Å². The van der Waals surface area contributed by atoms with Crippen molar-refractivity contribution in [3.05, 3.63) is 64.5 Å². The minimum atomic E-state index is 0.463. The van der Waals surface area contributed by atoms with Crippen LogP contribution in [0.3, 0.4) is 0 Å². The van der Waals surface area contributed by atoms with Crippen LogP contribution in [0.15, 0.2) is 53.4 Å². The molecule has 0 saturated carbocycles. The van der Waals surface area contributed by atoms with Crippen molar-refractivity contribution in [3.8, 4) is 0 Å². The van der Waals surface area contributed by atoms with Gasteiger partial charge in [-0.3, -0.25) is 4.98 Å². The van der Waals surface area contributed by atoms with Crippen LogP contribution in [0.4, 0.5) is 17.5 Å². The third-order valence-electron chi connectivity index (χ3n) is 3.18. The summed E-state index contributed by atoms with van der Waals surface area (Å²) in [5, 5.41) is 14.3. The van der Waals surface area contributed by atoms with Gasteiger partial charge < -0.3 is 10.6 Å². The standard InChI is InChI=1S/C16H15BrN6/c1-11-4-5-13(7-14(11)17)21-15-10-20-23-16(22-15)19-9-12-3-2-6-18-8-12/h2-8,10H,9H2,1H3,(H2,19,21,22,23). The number of aromatic nitrogens is 4. The molecule has 0 unspecified atom stereocenters. The van der Waals surface area contributed by atoms with E-state index >= 15 is 0 Å². The lowest BCUT2D eigenvalue weighted by Gasteiger charge is -2.08. The molecule has 2 heterocycles. The van der Waals surface area contributed by atoms with E-state index in [4.69, 9.17) is 0 Å². The molecular formula is C16H15BrN6. The molecule has 23 heavy (non-hydrogen) atoms. The van der Waals surface area contributed by atoms with Crippen molar-refractivity contribution in [2.24, 2.45) is 0 Å². The Balaban J connectivity index is 1.68. The monoisotopic (exact) mass is 370 g/mol. The van der Waals surface area contributed by atoms with Crippen molar-refractivity contribution in [1.82, 2.24) is 20.2 Å². The predicted molar refractivity (Wildman–Crippen MR) is 93.6 cm³/mol. The molecule has 2 aromatic heterocycles. The number of nitrogens with one attached hydrogen (secondary N) is 2. The molecule has 0 aliphatic rings. The molecule has 3 aromatic rings. The zero-order chi connectivity index (χ0) is 16.1. The number of pyridine rings is 1. The maximum Gasteiger partial charge on any atom is 0.244 e. The Bertz CT molecular complexity index is 794. The molecule has 0 bridgehead atoms. The molecule has 0 amide bonds. The highest BCUT2D eigenvalue weighted by Crippen LogP contribution is 2.22. The highest BCUT2D eigenvalue weighted by molar-refractivity contribution is 9.10. The van der Waals surface area contributed by atoms with Crippen molar-refractivity contribution in [3.63, 3.8) is 0 Å². The van der Waals surface area contributed by atoms with Gasteiger partial charge in [-0.15, -0.1) is 5.10 Å². The second-order valence-corrected chi connectivity index (χ2v) is 5.82. The zero-order valence-electron chi connectivity index (χ0n) is 12.5. The first-order valence-corrected chi connectivity index (χ1v) is 7.86. The lowest BCUT2D eigenvalue weighted by atomic mass is 10.2. The SMILES string of the molecule is Cc1ccc(Nc2cnnc(NCc3cccnc3)n2)cc1Br. The van der Waals surface area contributed by atoms with Crippen LogP contribution in [0, 0.1) is 6.92 Å². The summed E-state index contributed by atoms with van der Waals surface area (Å²) in [6.45, 7) is 2.63. The minimum absolute atomic E-state index is 0.463. The number of hydrogen-bond donors (Lipinski definition) is 2. The number of halogens is 1. The molecule has 0 fully saturated rings. The fraction of sp³-hybridized carbons (Fsp3) is 0.125. The van der Waals surface area contributed by atoms with E-state index in [9.17, 15) is 0 Å². The molecular weight excluding hydrogens is 356 g/mol. The fourth-order valence-corrected chi connectivity index (χ4v) is 2.32. The van der Waals surface area contributed by atoms with E-state index < -0.39 is 0 Å². The lowest BCUT2D eigenvalue weighted by Crippen LogP contribution is -2.06. The Kier molecular flexibility index (Phi) is 4.77. The molecule has 6 nitrogen and oxygen atoms in total. The summed E-state index contributed by atoms with van der Waals surface area (Å²) in [5.74, 6) is 1.09. The number of rotatable bonds is 5. The molecule has 3 rings (SSSR count). The molecule has 116 valence electrons. The highest BCUT2D eigenvalue weighted by Gasteiger charge is 2.03. The second-order valence-electron chi connectivity index (χ2n) is 4.97. The average molecular weight is 371 g/mol. The van der Waals surface area contributed by atoms with Crippen LogP contribution in [0.25, 0.3) is 0 Å². The van der Waals surface area contributed by atoms with E-state index in [1.807, 2.05) is 37.3 Å². The van der Waals surface area contributed by atoms with Gasteiger partial charge in [-0.05, 0) is 36.2 Å². The topological polar surface area (TPSA) is 75.6 Å². The van der Waals surface area contributed by atoms with Crippen molar-refractivity contribution in [2.45, 2.75) is 13.5 Å². The molecule has 0 spiro atoms. The lowest BCUT2D eigenvalue weighted by molar-refractivity contribution is 0.946. The van der Waals surface area contributed by atoms with E-state index in [1.165, 1.54) is 5.56 Å².